The Balaban J connectivity index is 1.32. The number of fused-ring (bicyclic) bond motifs is 1. The number of likely N-dealkylation sites (tertiary alicyclic amines) is 1. The van der Waals surface area contributed by atoms with Gasteiger partial charge in [0.1, 0.15) is 17.5 Å². The Hall–Kier alpha value is -3.00. The number of anilines is 1. The van der Waals surface area contributed by atoms with Gasteiger partial charge in [0.2, 0.25) is 0 Å². The summed E-state index contributed by atoms with van der Waals surface area (Å²) in [5.41, 5.74) is 2.03. The van der Waals surface area contributed by atoms with Crippen molar-refractivity contribution >= 4 is 22.8 Å². The van der Waals surface area contributed by atoms with Crippen LogP contribution in [0.25, 0.3) is 11.1 Å². The second kappa shape index (κ2) is 8.39. The number of piperidine rings is 1. The zero-order valence-corrected chi connectivity index (χ0v) is 16.9. The Kier molecular flexibility index (Phi) is 5.31. The van der Waals surface area contributed by atoms with Crippen molar-refractivity contribution in [2.24, 2.45) is 5.92 Å². The molecule has 2 aliphatic rings. The van der Waals surface area contributed by atoms with Crippen molar-refractivity contribution in [2.45, 2.75) is 19.3 Å². The number of hydrogen-bond donors (Lipinski definition) is 0. The largest absolute Gasteiger partial charge is 0.378 e. The predicted molar refractivity (Wildman–Crippen MR) is 111 cm³/mol. The number of morpholine rings is 1. The number of carbonyl (C=O) groups is 1. The second-order valence-corrected chi connectivity index (χ2v) is 7.93. The van der Waals surface area contributed by atoms with Crippen LogP contribution in [-0.2, 0) is 11.2 Å². The average molecular weight is 407 g/mol. The Bertz CT molecular complexity index is 1010. The van der Waals surface area contributed by atoms with E-state index in [-0.39, 0.29) is 5.91 Å². The molecule has 0 spiro atoms. The fourth-order valence-corrected chi connectivity index (χ4v) is 4.37. The van der Waals surface area contributed by atoms with Gasteiger partial charge in [-0.25, -0.2) is 4.98 Å². The first-order valence-electron chi connectivity index (χ1n) is 10.6. The zero-order chi connectivity index (χ0) is 20.3. The first-order valence-corrected chi connectivity index (χ1v) is 10.6. The first-order chi connectivity index (χ1) is 14.8. The van der Waals surface area contributed by atoms with Gasteiger partial charge in [0.15, 0.2) is 5.69 Å². The van der Waals surface area contributed by atoms with Crippen molar-refractivity contribution in [1.29, 1.82) is 0 Å². The van der Waals surface area contributed by atoms with Crippen LogP contribution < -0.4 is 4.90 Å². The maximum absolute atomic E-state index is 13.3. The van der Waals surface area contributed by atoms with Crippen molar-refractivity contribution < 1.29 is 14.1 Å². The molecule has 0 radical (unpaired) electrons. The lowest BCUT2D eigenvalue weighted by Gasteiger charge is -2.32. The van der Waals surface area contributed by atoms with E-state index in [0.29, 0.717) is 41.7 Å². The molecule has 2 aliphatic heterocycles. The summed E-state index contributed by atoms with van der Waals surface area (Å²) in [4.78, 5) is 25.9. The molecule has 156 valence electrons. The lowest BCUT2D eigenvalue weighted by atomic mass is 9.90. The molecule has 0 saturated carbocycles. The lowest BCUT2D eigenvalue weighted by Crippen LogP contribution is -2.39. The van der Waals surface area contributed by atoms with Crippen LogP contribution >= 0.6 is 0 Å². The first kappa shape index (κ1) is 19.0. The number of benzene rings is 1. The monoisotopic (exact) mass is 407 g/mol. The third-order valence-corrected chi connectivity index (χ3v) is 6.03. The molecule has 2 saturated heterocycles. The van der Waals surface area contributed by atoms with Crippen LogP contribution in [0.5, 0.6) is 0 Å². The molecule has 1 aromatic carbocycles. The quantitative estimate of drug-likeness (QED) is 0.657. The van der Waals surface area contributed by atoms with Crippen LogP contribution in [0.15, 0.2) is 41.2 Å². The van der Waals surface area contributed by atoms with Crippen molar-refractivity contribution in [1.82, 2.24) is 20.0 Å². The minimum absolute atomic E-state index is 0.101. The summed E-state index contributed by atoms with van der Waals surface area (Å²) in [7, 11) is 0. The number of nitrogens with zero attached hydrogens (tertiary/aromatic N) is 5. The number of hydrogen-bond acceptors (Lipinski definition) is 7. The van der Waals surface area contributed by atoms with E-state index in [1.165, 1.54) is 11.9 Å². The van der Waals surface area contributed by atoms with E-state index in [9.17, 15) is 4.79 Å². The van der Waals surface area contributed by atoms with E-state index >= 15 is 0 Å². The molecule has 0 atom stereocenters. The van der Waals surface area contributed by atoms with Crippen LogP contribution in [0, 0.1) is 5.92 Å². The summed E-state index contributed by atoms with van der Waals surface area (Å²) >= 11 is 0. The SMILES string of the molecule is O=C(c1noc2ncnc(N3CCOCC3)c12)N1CCC(Cc2ccccc2)CC1. The molecule has 4 heterocycles. The molecule has 5 rings (SSSR count). The van der Waals surface area contributed by atoms with Crippen molar-refractivity contribution in [3.05, 3.63) is 47.9 Å². The molecule has 8 heteroatoms. The highest BCUT2D eigenvalue weighted by atomic mass is 16.5. The molecular weight excluding hydrogens is 382 g/mol. The summed E-state index contributed by atoms with van der Waals surface area (Å²) in [6.45, 7) is 4.16. The minimum atomic E-state index is -0.101. The van der Waals surface area contributed by atoms with Gasteiger partial charge in [-0.05, 0) is 30.7 Å². The molecule has 0 bridgehead atoms. The molecule has 0 unspecified atom stereocenters. The fourth-order valence-electron chi connectivity index (χ4n) is 4.37. The summed E-state index contributed by atoms with van der Waals surface area (Å²) in [5.74, 6) is 1.20. The Morgan fingerprint density at radius 2 is 1.80 bits per heavy atom. The maximum atomic E-state index is 13.3. The highest BCUT2D eigenvalue weighted by Crippen LogP contribution is 2.29. The smallest absolute Gasteiger partial charge is 0.276 e. The Morgan fingerprint density at radius 3 is 2.57 bits per heavy atom. The molecule has 3 aromatic rings. The normalized spacial score (nSPS) is 18.1. The van der Waals surface area contributed by atoms with Crippen LogP contribution in [0.1, 0.15) is 28.9 Å². The third-order valence-electron chi connectivity index (χ3n) is 6.03. The molecule has 0 aliphatic carbocycles. The minimum Gasteiger partial charge on any atom is -0.378 e. The Morgan fingerprint density at radius 1 is 1.03 bits per heavy atom. The van der Waals surface area contributed by atoms with Gasteiger partial charge in [-0.15, -0.1) is 0 Å². The van der Waals surface area contributed by atoms with E-state index in [0.717, 1.165) is 45.4 Å². The van der Waals surface area contributed by atoms with Crippen molar-refractivity contribution in [3.8, 4) is 0 Å². The summed E-state index contributed by atoms with van der Waals surface area (Å²) in [5, 5.41) is 4.69. The predicted octanol–water partition coefficient (Wildman–Crippen LogP) is 2.55. The number of ether oxygens (including phenoxy) is 1. The second-order valence-electron chi connectivity index (χ2n) is 7.93. The van der Waals surface area contributed by atoms with E-state index in [2.05, 4.69) is 44.3 Å². The number of carbonyl (C=O) groups excluding carboxylic acids is 1. The van der Waals surface area contributed by atoms with E-state index < -0.39 is 0 Å². The molecule has 2 aromatic heterocycles. The number of rotatable bonds is 4. The van der Waals surface area contributed by atoms with Crippen LogP contribution in [0.2, 0.25) is 0 Å². The van der Waals surface area contributed by atoms with E-state index in [4.69, 9.17) is 9.26 Å². The molecule has 8 nitrogen and oxygen atoms in total. The summed E-state index contributed by atoms with van der Waals surface area (Å²) in [6.07, 6.45) is 4.50. The fraction of sp³-hybridized carbons (Fsp3) is 0.455. The van der Waals surface area contributed by atoms with Crippen molar-refractivity contribution in [2.75, 3.05) is 44.3 Å². The molecular formula is C22H25N5O3. The summed E-state index contributed by atoms with van der Waals surface area (Å²) in [6, 6.07) is 10.6. The van der Waals surface area contributed by atoms with Crippen LogP contribution in [0.4, 0.5) is 5.82 Å². The standard InChI is InChI=1S/C22H25N5O3/c28-22(27-8-6-17(7-9-27)14-16-4-2-1-3-5-16)19-18-20(26-10-12-29-13-11-26)23-15-24-21(18)30-25-19/h1-5,15,17H,6-14H2. The lowest BCUT2D eigenvalue weighted by molar-refractivity contribution is 0.0682. The van der Waals surface area contributed by atoms with Gasteiger partial charge in [0, 0.05) is 26.2 Å². The number of aromatic nitrogens is 3. The topological polar surface area (TPSA) is 84.6 Å². The summed E-state index contributed by atoms with van der Waals surface area (Å²) < 4.78 is 10.8. The zero-order valence-electron chi connectivity index (χ0n) is 16.9. The van der Waals surface area contributed by atoms with E-state index in [1.54, 1.807) is 0 Å². The van der Waals surface area contributed by atoms with Crippen molar-refractivity contribution in [3.63, 3.8) is 0 Å². The van der Waals surface area contributed by atoms with Gasteiger partial charge in [-0.3, -0.25) is 4.79 Å². The van der Waals surface area contributed by atoms with Gasteiger partial charge in [-0.2, -0.15) is 4.98 Å². The van der Waals surface area contributed by atoms with E-state index in [1.807, 2.05) is 11.0 Å². The molecule has 0 N–H and O–H groups in total. The van der Waals surface area contributed by atoms with Gasteiger partial charge in [0.25, 0.3) is 11.6 Å². The van der Waals surface area contributed by atoms with Gasteiger partial charge >= 0.3 is 0 Å². The molecule has 30 heavy (non-hydrogen) atoms. The average Bonchev–Trinajstić information content (AvgIpc) is 3.25. The number of amides is 1. The highest BCUT2D eigenvalue weighted by molar-refractivity contribution is 6.07. The molecule has 1 amide bonds. The molecule has 2 fully saturated rings. The van der Waals surface area contributed by atoms with Gasteiger partial charge in [0.05, 0.1) is 13.2 Å². The van der Waals surface area contributed by atoms with Crippen LogP contribution in [0.3, 0.4) is 0 Å². The van der Waals surface area contributed by atoms with Crippen LogP contribution in [-0.4, -0.2) is 65.3 Å². The van der Waals surface area contributed by atoms with Gasteiger partial charge < -0.3 is 19.1 Å². The maximum Gasteiger partial charge on any atom is 0.276 e. The third kappa shape index (κ3) is 3.75. The highest BCUT2D eigenvalue weighted by Gasteiger charge is 2.30. The Labute approximate surface area is 174 Å². The van der Waals surface area contributed by atoms with Gasteiger partial charge in [-0.1, -0.05) is 35.5 Å².